The number of fused-ring (bicyclic) bond motifs is 1. The molecule has 1 heterocycles. The number of aromatic nitrogens is 1. The first-order valence-corrected chi connectivity index (χ1v) is 11.8. The monoisotopic (exact) mass is 473 g/mol. The van der Waals surface area contributed by atoms with Crippen molar-refractivity contribution in [2.45, 2.75) is 4.90 Å². The molecule has 1 amide bonds. The molecule has 0 spiro atoms. The van der Waals surface area contributed by atoms with Gasteiger partial charge in [-0.1, -0.05) is 23.5 Å². The number of benzene rings is 2. The Balaban J connectivity index is 1.87. The molecule has 0 saturated carbocycles. The fraction of sp³-hybridized carbons (Fsp3) is 0.182. The Labute approximate surface area is 190 Å². The summed E-state index contributed by atoms with van der Waals surface area (Å²) in [6.07, 6.45) is 3.04. The van der Waals surface area contributed by atoms with Gasteiger partial charge in [-0.2, -0.15) is 4.31 Å². The van der Waals surface area contributed by atoms with Crippen molar-refractivity contribution < 1.29 is 22.7 Å². The first-order chi connectivity index (χ1) is 15.3. The van der Waals surface area contributed by atoms with E-state index in [1.807, 2.05) is 0 Å². The number of carbonyl (C=O) groups is 1. The molecular weight excluding hydrogens is 450 g/mol. The van der Waals surface area contributed by atoms with E-state index in [4.69, 9.17) is 9.47 Å². The summed E-state index contributed by atoms with van der Waals surface area (Å²) >= 11 is 1.18. The number of carbonyl (C=O) groups excluding carboxylic acids is 1. The van der Waals surface area contributed by atoms with Crippen molar-refractivity contribution in [1.29, 1.82) is 0 Å². The third-order valence-electron chi connectivity index (χ3n) is 4.53. The van der Waals surface area contributed by atoms with Crippen LogP contribution in [0.5, 0.6) is 11.5 Å². The molecule has 0 aliphatic heterocycles. The van der Waals surface area contributed by atoms with Crippen molar-refractivity contribution in [2.24, 2.45) is 0 Å². The van der Waals surface area contributed by atoms with E-state index < -0.39 is 10.0 Å². The molecule has 1 aromatic heterocycles. The highest BCUT2D eigenvalue weighted by molar-refractivity contribution is 7.89. The van der Waals surface area contributed by atoms with Crippen LogP contribution in [0.3, 0.4) is 0 Å². The minimum absolute atomic E-state index is 0.134. The number of ether oxygens (including phenoxy) is 2. The number of amides is 1. The van der Waals surface area contributed by atoms with Gasteiger partial charge >= 0.3 is 0 Å². The fourth-order valence-corrected chi connectivity index (χ4v) is 5.36. The van der Waals surface area contributed by atoms with Gasteiger partial charge in [-0.25, -0.2) is 13.4 Å². The number of hydrogen-bond acceptors (Lipinski definition) is 7. The standard InChI is InChI=1S/C22H23N3O5S2/c1-5-11-25(12-6-2)32(27,28)16-8-9-17-20(14-16)31-22(23-17)24-21(26)15-7-10-18(29-3)19(13-15)30-4/h5-10,13-14H,1-2,11-12H2,3-4H3,(H,23,24,26). The van der Waals surface area contributed by atoms with Gasteiger partial charge in [0.15, 0.2) is 16.6 Å². The first kappa shape index (κ1) is 23.5. The molecule has 10 heteroatoms. The summed E-state index contributed by atoms with van der Waals surface area (Å²) in [7, 11) is -0.726. The third-order valence-corrected chi connectivity index (χ3v) is 7.29. The van der Waals surface area contributed by atoms with Crippen LogP contribution in [0.2, 0.25) is 0 Å². The van der Waals surface area contributed by atoms with Crippen LogP contribution in [-0.2, 0) is 10.0 Å². The number of nitrogens with zero attached hydrogens (tertiary/aromatic N) is 2. The number of rotatable bonds is 10. The van der Waals surface area contributed by atoms with Crippen LogP contribution < -0.4 is 14.8 Å². The maximum absolute atomic E-state index is 13.0. The van der Waals surface area contributed by atoms with E-state index in [1.165, 1.54) is 48.1 Å². The lowest BCUT2D eigenvalue weighted by Crippen LogP contribution is -2.31. The lowest BCUT2D eigenvalue weighted by atomic mass is 10.2. The Morgan fingerprint density at radius 1 is 1.09 bits per heavy atom. The summed E-state index contributed by atoms with van der Waals surface area (Å²) < 4.78 is 38.2. The SMILES string of the molecule is C=CCN(CC=C)S(=O)(=O)c1ccc2nc(NC(=O)c3ccc(OC)c(OC)c3)sc2c1. The molecule has 2 aromatic carbocycles. The van der Waals surface area contributed by atoms with Crippen LogP contribution in [0.4, 0.5) is 5.13 Å². The quantitative estimate of drug-likeness (QED) is 0.448. The number of nitrogens with one attached hydrogen (secondary N) is 1. The van der Waals surface area contributed by atoms with Gasteiger partial charge in [-0.15, -0.1) is 13.2 Å². The molecule has 0 atom stereocenters. The molecule has 3 rings (SSSR count). The lowest BCUT2D eigenvalue weighted by Gasteiger charge is -2.18. The van der Waals surface area contributed by atoms with Gasteiger partial charge in [0.2, 0.25) is 10.0 Å². The third kappa shape index (κ3) is 4.82. The van der Waals surface area contributed by atoms with E-state index in [0.29, 0.717) is 32.4 Å². The molecular formula is C22H23N3O5S2. The van der Waals surface area contributed by atoms with Gasteiger partial charge < -0.3 is 9.47 Å². The second-order valence-electron chi connectivity index (χ2n) is 6.57. The summed E-state index contributed by atoms with van der Waals surface area (Å²) in [6.45, 7) is 7.56. The Bertz CT molecular complexity index is 1260. The second-order valence-corrected chi connectivity index (χ2v) is 9.54. The molecule has 0 fully saturated rings. The van der Waals surface area contributed by atoms with Gasteiger partial charge in [-0.3, -0.25) is 10.1 Å². The molecule has 32 heavy (non-hydrogen) atoms. The minimum Gasteiger partial charge on any atom is -0.493 e. The molecule has 0 aliphatic rings. The fourth-order valence-electron chi connectivity index (χ4n) is 2.97. The summed E-state index contributed by atoms with van der Waals surface area (Å²) in [5.41, 5.74) is 0.949. The minimum atomic E-state index is -3.73. The highest BCUT2D eigenvalue weighted by atomic mass is 32.2. The average molecular weight is 474 g/mol. The van der Waals surface area contributed by atoms with E-state index in [-0.39, 0.29) is 23.9 Å². The average Bonchev–Trinajstić information content (AvgIpc) is 3.19. The number of thiazole rings is 1. The van der Waals surface area contributed by atoms with Crippen molar-refractivity contribution in [3.63, 3.8) is 0 Å². The number of sulfonamides is 1. The zero-order chi connectivity index (χ0) is 23.3. The molecule has 0 bridgehead atoms. The van der Waals surface area contributed by atoms with Crippen LogP contribution in [0.1, 0.15) is 10.4 Å². The van der Waals surface area contributed by atoms with Gasteiger partial charge in [0.1, 0.15) is 0 Å². The Kier molecular flexibility index (Phi) is 7.29. The van der Waals surface area contributed by atoms with Crippen molar-refractivity contribution in [3.8, 4) is 11.5 Å². The molecule has 3 aromatic rings. The molecule has 0 saturated heterocycles. The number of hydrogen-bond donors (Lipinski definition) is 1. The lowest BCUT2D eigenvalue weighted by molar-refractivity contribution is 0.102. The first-order valence-electron chi connectivity index (χ1n) is 9.50. The Hall–Kier alpha value is -3.21. The van der Waals surface area contributed by atoms with E-state index in [1.54, 1.807) is 30.3 Å². The molecule has 168 valence electrons. The van der Waals surface area contributed by atoms with E-state index in [2.05, 4.69) is 23.5 Å². The maximum Gasteiger partial charge on any atom is 0.257 e. The van der Waals surface area contributed by atoms with Gasteiger partial charge in [0.05, 0.1) is 29.3 Å². The number of methoxy groups -OCH3 is 2. The van der Waals surface area contributed by atoms with Crippen LogP contribution in [0, 0.1) is 0 Å². The topological polar surface area (TPSA) is 97.8 Å². The van der Waals surface area contributed by atoms with Gasteiger partial charge in [0, 0.05) is 18.7 Å². The smallest absolute Gasteiger partial charge is 0.257 e. The van der Waals surface area contributed by atoms with E-state index >= 15 is 0 Å². The van der Waals surface area contributed by atoms with Crippen LogP contribution in [0.25, 0.3) is 10.2 Å². The van der Waals surface area contributed by atoms with E-state index in [9.17, 15) is 13.2 Å². The summed E-state index contributed by atoms with van der Waals surface area (Å²) in [5, 5.41) is 3.09. The zero-order valence-corrected chi connectivity index (χ0v) is 19.3. The largest absolute Gasteiger partial charge is 0.493 e. The molecule has 8 nitrogen and oxygen atoms in total. The van der Waals surface area contributed by atoms with Crippen LogP contribution in [-0.4, -0.2) is 50.9 Å². The zero-order valence-electron chi connectivity index (χ0n) is 17.7. The number of anilines is 1. The molecule has 0 aliphatic carbocycles. The predicted molar refractivity (Wildman–Crippen MR) is 126 cm³/mol. The highest BCUT2D eigenvalue weighted by Gasteiger charge is 2.23. The van der Waals surface area contributed by atoms with E-state index in [0.717, 1.165) is 0 Å². The Morgan fingerprint density at radius 2 is 1.78 bits per heavy atom. The molecule has 0 unspecified atom stereocenters. The van der Waals surface area contributed by atoms with Gasteiger partial charge in [-0.05, 0) is 36.4 Å². The van der Waals surface area contributed by atoms with Gasteiger partial charge in [0.25, 0.3) is 5.91 Å². The van der Waals surface area contributed by atoms with Crippen molar-refractivity contribution in [2.75, 3.05) is 32.6 Å². The van der Waals surface area contributed by atoms with Crippen molar-refractivity contribution in [3.05, 3.63) is 67.3 Å². The van der Waals surface area contributed by atoms with Crippen LogP contribution >= 0.6 is 11.3 Å². The summed E-state index contributed by atoms with van der Waals surface area (Å²) in [6, 6.07) is 9.48. The molecule has 0 radical (unpaired) electrons. The molecule has 1 N–H and O–H groups in total. The normalized spacial score (nSPS) is 11.3. The highest BCUT2D eigenvalue weighted by Crippen LogP contribution is 2.31. The van der Waals surface area contributed by atoms with Crippen molar-refractivity contribution >= 4 is 42.6 Å². The predicted octanol–water partition coefficient (Wildman–Crippen LogP) is 3.93. The second kappa shape index (κ2) is 9.94. The summed E-state index contributed by atoms with van der Waals surface area (Å²) in [5.74, 6) is 0.573. The Morgan fingerprint density at radius 3 is 2.41 bits per heavy atom. The van der Waals surface area contributed by atoms with Crippen molar-refractivity contribution in [1.82, 2.24) is 9.29 Å². The maximum atomic E-state index is 13.0. The summed E-state index contributed by atoms with van der Waals surface area (Å²) in [4.78, 5) is 17.2. The van der Waals surface area contributed by atoms with Crippen LogP contribution in [0.15, 0.2) is 66.6 Å².